The molecule has 0 saturated carbocycles. The number of hydrogen-bond donors (Lipinski definition) is 1. The van der Waals surface area contributed by atoms with Crippen LogP contribution in [0, 0.1) is 0 Å². The highest BCUT2D eigenvalue weighted by Crippen LogP contribution is 2.22. The van der Waals surface area contributed by atoms with Gasteiger partial charge in [-0.15, -0.1) is 0 Å². The summed E-state index contributed by atoms with van der Waals surface area (Å²) in [5.74, 6) is 1.61. The number of methoxy groups -OCH3 is 3. The Bertz CT molecular complexity index is 995. The number of pyridine rings is 1. The number of benzene rings is 2. The van der Waals surface area contributed by atoms with Crippen LogP contribution in [-0.4, -0.2) is 38.4 Å². The number of nitrogens with zero attached hydrogens (tertiary/aromatic N) is 2. The van der Waals surface area contributed by atoms with Crippen LogP contribution < -0.4 is 19.6 Å². The SMILES string of the molecule is COc1ccc(-c2cccc(C(=O)NN=Cc3cc(OC)cc(OC)c3)n2)cc1. The first-order valence-corrected chi connectivity index (χ1v) is 8.81. The van der Waals surface area contributed by atoms with Gasteiger partial charge in [-0.3, -0.25) is 4.79 Å². The minimum absolute atomic E-state index is 0.263. The van der Waals surface area contributed by atoms with Gasteiger partial charge in [0.2, 0.25) is 0 Å². The molecule has 0 radical (unpaired) electrons. The molecule has 1 N–H and O–H groups in total. The van der Waals surface area contributed by atoms with Crippen LogP contribution in [0.3, 0.4) is 0 Å². The van der Waals surface area contributed by atoms with Crippen molar-refractivity contribution in [2.75, 3.05) is 21.3 Å². The van der Waals surface area contributed by atoms with Crippen molar-refractivity contribution in [2.24, 2.45) is 5.10 Å². The van der Waals surface area contributed by atoms with Crippen molar-refractivity contribution >= 4 is 12.1 Å². The third-order valence-electron chi connectivity index (χ3n) is 4.12. The predicted molar refractivity (Wildman–Crippen MR) is 111 cm³/mol. The second-order valence-electron chi connectivity index (χ2n) is 5.98. The average Bonchev–Trinajstić information content (AvgIpc) is 2.78. The molecule has 7 nitrogen and oxygen atoms in total. The number of hydrazone groups is 1. The van der Waals surface area contributed by atoms with E-state index in [1.807, 2.05) is 30.3 Å². The Morgan fingerprint density at radius 3 is 2.17 bits per heavy atom. The second kappa shape index (κ2) is 9.36. The van der Waals surface area contributed by atoms with E-state index < -0.39 is 5.91 Å². The molecule has 0 aliphatic rings. The molecule has 1 aromatic heterocycles. The molecular formula is C22H21N3O4. The predicted octanol–water partition coefficient (Wildman–Crippen LogP) is 3.54. The zero-order valence-electron chi connectivity index (χ0n) is 16.4. The second-order valence-corrected chi connectivity index (χ2v) is 5.98. The normalized spacial score (nSPS) is 10.6. The van der Waals surface area contributed by atoms with Gasteiger partial charge in [-0.1, -0.05) is 6.07 Å². The number of carbonyl (C=O) groups excluding carboxylic acids is 1. The maximum atomic E-state index is 12.4. The van der Waals surface area contributed by atoms with Gasteiger partial charge in [0.15, 0.2) is 0 Å². The first-order chi connectivity index (χ1) is 14.1. The fraction of sp³-hybridized carbons (Fsp3) is 0.136. The van der Waals surface area contributed by atoms with E-state index in [1.165, 1.54) is 6.21 Å². The summed E-state index contributed by atoms with van der Waals surface area (Å²) in [5.41, 5.74) is 5.04. The van der Waals surface area contributed by atoms with E-state index in [0.717, 1.165) is 16.9 Å². The van der Waals surface area contributed by atoms with Crippen molar-refractivity contribution in [3.63, 3.8) is 0 Å². The number of nitrogens with one attached hydrogen (secondary N) is 1. The molecule has 3 rings (SSSR count). The summed E-state index contributed by atoms with van der Waals surface area (Å²) >= 11 is 0. The maximum Gasteiger partial charge on any atom is 0.289 e. The Hall–Kier alpha value is -3.87. The molecule has 2 aromatic carbocycles. The summed E-state index contributed by atoms with van der Waals surface area (Å²) in [7, 11) is 4.75. The van der Waals surface area contributed by atoms with Crippen LogP contribution >= 0.6 is 0 Å². The zero-order valence-corrected chi connectivity index (χ0v) is 16.4. The number of ether oxygens (including phenoxy) is 3. The Morgan fingerprint density at radius 1 is 0.897 bits per heavy atom. The van der Waals surface area contributed by atoms with E-state index in [-0.39, 0.29) is 5.69 Å². The van der Waals surface area contributed by atoms with Gasteiger partial charge in [0.25, 0.3) is 5.91 Å². The molecule has 7 heteroatoms. The van der Waals surface area contributed by atoms with Crippen LogP contribution in [0.4, 0.5) is 0 Å². The molecule has 0 saturated heterocycles. The number of aromatic nitrogens is 1. The molecule has 1 amide bonds. The standard InChI is InChI=1S/C22H21N3O4/c1-27-17-9-7-16(8-10-17)20-5-4-6-21(24-20)22(26)25-23-14-15-11-18(28-2)13-19(12-15)29-3/h4-14H,1-3H3,(H,25,26). The Balaban J connectivity index is 1.72. The highest BCUT2D eigenvalue weighted by Gasteiger charge is 2.08. The lowest BCUT2D eigenvalue weighted by Gasteiger charge is -2.06. The number of hydrogen-bond acceptors (Lipinski definition) is 6. The number of carbonyl (C=O) groups is 1. The highest BCUT2D eigenvalue weighted by atomic mass is 16.5. The van der Waals surface area contributed by atoms with E-state index in [1.54, 1.807) is 51.7 Å². The van der Waals surface area contributed by atoms with Crippen molar-refractivity contribution in [1.82, 2.24) is 10.4 Å². The highest BCUT2D eigenvalue weighted by molar-refractivity contribution is 5.93. The van der Waals surface area contributed by atoms with Gasteiger partial charge in [-0.25, -0.2) is 10.4 Å². The van der Waals surface area contributed by atoms with Crippen molar-refractivity contribution in [3.05, 3.63) is 71.9 Å². The van der Waals surface area contributed by atoms with Gasteiger partial charge < -0.3 is 14.2 Å². The Morgan fingerprint density at radius 2 is 1.55 bits per heavy atom. The number of rotatable bonds is 7. The minimum atomic E-state index is -0.411. The summed E-state index contributed by atoms with van der Waals surface area (Å²) in [5, 5.41) is 4.00. The zero-order chi connectivity index (χ0) is 20.6. The van der Waals surface area contributed by atoms with Crippen molar-refractivity contribution in [2.45, 2.75) is 0 Å². The van der Waals surface area contributed by atoms with E-state index in [9.17, 15) is 4.79 Å². The van der Waals surface area contributed by atoms with E-state index in [2.05, 4.69) is 15.5 Å². The van der Waals surface area contributed by atoms with Gasteiger partial charge >= 0.3 is 0 Å². The van der Waals surface area contributed by atoms with Gasteiger partial charge in [-0.2, -0.15) is 5.10 Å². The van der Waals surface area contributed by atoms with Crippen molar-refractivity contribution in [3.8, 4) is 28.5 Å². The Kier molecular flexibility index (Phi) is 6.42. The summed E-state index contributed by atoms with van der Waals surface area (Å²) in [6.45, 7) is 0. The summed E-state index contributed by atoms with van der Waals surface area (Å²) < 4.78 is 15.6. The molecule has 0 atom stereocenters. The largest absolute Gasteiger partial charge is 0.497 e. The first kappa shape index (κ1) is 19.9. The van der Waals surface area contributed by atoms with E-state index in [4.69, 9.17) is 14.2 Å². The van der Waals surface area contributed by atoms with Crippen LogP contribution in [0.25, 0.3) is 11.3 Å². The molecule has 0 unspecified atom stereocenters. The molecular weight excluding hydrogens is 370 g/mol. The lowest BCUT2D eigenvalue weighted by molar-refractivity contribution is 0.0950. The fourth-order valence-corrected chi connectivity index (χ4v) is 2.61. The molecule has 0 spiro atoms. The molecule has 29 heavy (non-hydrogen) atoms. The summed E-state index contributed by atoms with van der Waals surface area (Å²) in [6, 6.07) is 18.0. The third-order valence-corrected chi connectivity index (χ3v) is 4.12. The minimum Gasteiger partial charge on any atom is -0.497 e. The van der Waals surface area contributed by atoms with Crippen LogP contribution in [-0.2, 0) is 0 Å². The van der Waals surface area contributed by atoms with Crippen molar-refractivity contribution in [1.29, 1.82) is 0 Å². The van der Waals surface area contributed by atoms with E-state index >= 15 is 0 Å². The lowest BCUT2D eigenvalue weighted by Crippen LogP contribution is -2.19. The monoisotopic (exact) mass is 391 g/mol. The van der Waals surface area contributed by atoms with Crippen LogP contribution in [0.15, 0.2) is 65.8 Å². The smallest absolute Gasteiger partial charge is 0.289 e. The Labute approximate surface area is 169 Å². The van der Waals surface area contributed by atoms with Gasteiger partial charge in [0.05, 0.1) is 33.2 Å². The topological polar surface area (TPSA) is 82.0 Å². The molecule has 1 heterocycles. The number of amides is 1. The van der Waals surface area contributed by atoms with Crippen LogP contribution in [0.2, 0.25) is 0 Å². The molecule has 0 bridgehead atoms. The molecule has 148 valence electrons. The molecule has 0 fully saturated rings. The molecule has 0 aliphatic carbocycles. The van der Waals surface area contributed by atoms with Gasteiger partial charge in [0, 0.05) is 17.2 Å². The van der Waals surface area contributed by atoms with Crippen LogP contribution in [0.5, 0.6) is 17.2 Å². The lowest BCUT2D eigenvalue weighted by atomic mass is 10.1. The van der Waals surface area contributed by atoms with E-state index in [0.29, 0.717) is 17.2 Å². The van der Waals surface area contributed by atoms with Gasteiger partial charge in [0.1, 0.15) is 22.9 Å². The summed E-state index contributed by atoms with van der Waals surface area (Å²) in [6.07, 6.45) is 1.51. The molecule has 0 aliphatic heterocycles. The molecule has 3 aromatic rings. The van der Waals surface area contributed by atoms with Crippen LogP contribution in [0.1, 0.15) is 16.1 Å². The van der Waals surface area contributed by atoms with Gasteiger partial charge in [-0.05, 0) is 48.5 Å². The quantitative estimate of drug-likeness (QED) is 0.492. The first-order valence-electron chi connectivity index (χ1n) is 8.81. The fourth-order valence-electron chi connectivity index (χ4n) is 2.61. The third kappa shape index (κ3) is 5.10. The summed E-state index contributed by atoms with van der Waals surface area (Å²) in [4.78, 5) is 16.8. The average molecular weight is 391 g/mol. The van der Waals surface area contributed by atoms with Crippen molar-refractivity contribution < 1.29 is 19.0 Å². The maximum absolute atomic E-state index is 12.4.